The van der Waals surface area contributed by atoms with Crippen LogP contribution in [0.4, 0.5) is 4.39 Å². The van der Waals surface area contributed by atoms with E-state index >= 15 is 0 Å². The van der Waals surface area contributed by atoms with Crippen molar-refractivity contribution in [2.75, 3.05) is 6.54 Å². The zero-order valence-electron chi connectivity index (χ0n) is 11.5. The molecule has 0 spiro atoms. The lowest BCUT2D eigenvalue weighted by Crippen LogP contribution is -2.21. The van der Waals surface area contributed by atoms with Crippen LogP contribution >= 0.6 is 0 Å². The van der Waals surface area contributed by atoms with Crippen molar-refractivity contribution >= 4 is 0 Å². The molecule has 2 aromatic rings. The second-order valence-electron chi connectivity index (χ2n) is 4.48. The van der Waals surface area contributed by atoms with Crippen LogP contribution < -0.4 is 5.32 Å². The van der Waals surface area contributed by atoms with Crippen molar-refractivity contribution < 1.29 is 4.39 Å². The van der Waals surface area contributed by atoms with E-state index in [0.29, 0.717) is 5.69 Å². The van der Waals surface area contributed by atoms with Gasteiger partial charge in [0.25, 0.3) is 5.82 Å². The van der Waals surface area contributed by atoms with Gasteiger partial charge in [0.1, 0.15) is 23.9 Å². The summed E-state index contributed by atoms with van der Waals surface area (Å²) in [5.74, 6) is -0.365. The van der Waals surface area contributed by atoms with E-state index in [2.05, 4.69) is 22.3 Å². The lowest BCUT2D eigenvalue weighted by atomic mass is 10.1. The zero-order chi connectivity index (χ0) is 14.5. The molecule has 0 radical (unpaired) electrons. The molecule has 1 N–H and O–H groups in total. The van der Waals surface area contributed by atoms with Crippen LogP contribution in [0.3, 0.4) is 0 Å². The molecule has 0 aliphatic carbocycles. The number of para-hydroxylation sites is 1. The van der Waals surface area contributed by atoms with E-state index < -0.39 is 0 Å². The molecule has 0 aliphatic rings. The fourth-order valence-electron chi connectivity index (χ4n) is 2.02. The number of nitrogens with one attached hydrogen (secondary N) is 1. The molecule has 20 heavy (non-hydrogen) atoms. The van der Waals surface area contributed by atoms with Gasteiger partial charge in [-0.15, -0.1) is 5.10 Å². The highest BCUT2D eigenvalue weighted by Crippen LogP contribution is 2.23. The molecule has 0 fully saturated rings. The molecule has 1 aromatic carbocycles. The number of nitrogens with zero attached hydrogens (tertiary/aromatic N) is 4. The van der Waals surface area contributed by atoms with Crippen molar-refractivity contribution in [1.29, 1.82) is 5.26 Å². The zero-order valence-corrected chi connectivity index (χ0v) is 11.5. The highest BCUT2D eigenvalue weighted by molar-refractivity contribution is 5.43. The third-order valence-electron chi connectivity index (χ3n) is 3.01. The molecule has 6 heteroatoms. The SMILES string of the molecule is CCCNC(C)c1cccc(F)c1-n1cnc(C#N)n1. The molecule has 1 heterocycles. The number of benzene rings is 1. The Balaban J connectivity index is 2.43. The van der Waals surface area contributed by atoms with E-state index in [0.717, 1.165) is 18.5 Å². The van der Waals surface area contributed by atoms with E-state index in [9.17, 15) is 4.39 Å². The molecule has 104 valence electrons. The summed E-state index contributed by atoms with van der Waals surface area (Å²) in [6, 6.07) is 6.71. The fourth-order valence-corrected chi connectivity index (χ4v) is 2.02. The molecule has 1 aromatic heterocycles. The summed E-state index contributed by atoms with van der Waals surface area (Å²) in [5, 5.41) is 16.0. The lowest BCUT2D eigenvalue weighted by Gasteiger charge is -2.17. The first-order valence-electron chi connectivity index (χ1n) is 6.51. The molecule has 1 unspecified atom stereocenters. The molecular weight excluding hydrogens is 257 g/mol. The monoisotopic (exact) mass is 273 g/mol. The number of hydrogen-bond donors (Lipinski definition) is 1. The summed E-state index contributed by atoms with van der Waals surface area (Å²) < 4.78 is 15.4. The predicted octanol–water partition coefficient (Wildman–Crippen LogP) is 2.34. The van der Waals surface area contributed by atoms with Gasteiger partial charge in [0, 0.05) is 6.04 Å². The van der Waals surface area contributed by atoms with Crippen LogP contribution in [0.2, 0.25) is 0 Å². The number of halogens is 1. The first-order chi connectivity index (χ1) is 9.67. The Morgan fingerprint density at radius 3 is 2.95 bits per heavy atom. The van der Waals surface area contributed by atoms with Gasteiger partial charge in [-0.05, 0) is 31.5 Å². The second kappa shape index (κ2) is 6.26. The van der Waals surface area contributed by atoms with Gasteiger partial charge in [0.2, 0.25) is 0 Å². The largest absolute Gasteiger partial charge is 0.310 e. The van der Waals surface area contributed by atoms with Crippen LogP contribution in [0.5, 0.6) is 0 Å². The van der Waals surface area contributed by atoms with Gasteiger partial charge in [-0.25, -0.2) is 14.1 Å². The van der Waals surface area contributed by atoms with Crippen LogP contribution in [0.15, 0.2) is 24.5 Å². The summed E-state index contributed by atoms with van der Waals surface area (Å²) in [5.41, 5.74) is 1.12. The first-order valence-corrected chi connectivity index (χ1v) is 6.51. The maximum Gasteiger partial charge on any atom is 0.252 e. The minimum Gasteiger partial charge on any atom is -0.310 e. The molecule has 0 bridgehead atoms. The van der Waals surface area contributed by atoms with Crippen LogP contribution in [0.1, 0.15) is 37.7 Å². The maximum atomic E-state index is 14.1. The Morgan fingerprint density at radius 1 is 1.50 bits per heavy atom. The average Bonchev–Trinajstić information content (AvgIpc) is 2.93. The van der Waals surface area contributed by atoms with Crippen LogP contribution in [-0.2, 0) is 0 Å². The Morgan fingerprint density at radius 2 is 2.30 bits per heavy atom. The van der Waals surface area contributed by atoms with Crippen molar-refractivity contribution in [2.24, 2.45) is 0 Å². The van der Waals surface area contributed by atoms with Gasteiger partial charge >= 0.3 is 0 Å². The van der Waals surface area contributed by atoms with Gasteiger partial charge in [0.15, 0.2) is 0 Å². The normalized spacial score (nSPS) is 12.1. The quantitative estimate of drug-likeness (QED) is 0.908. The number of hydrogen-bond acceptors (Lipinski definition) is 4. The summed E-state index contributed by atoms with van der Waals surface area (Å²) in [4.78, 5) is 3.82. The third kappa shape index (κ3) is 2.83. The summed E-state index contributed by atoms with van der Waals surface area (Å²) >= 11 is 0. The molecule has 0 amide bonds. The maximum absolute atomic E-state index is 14.1. The molecular formula is C14H16FN5. The molecule has 1 atom stereocenters. The third-order valence-corrected chi connectivity index (χ3v) is 3.01. The van der Waals surface area contributed by atoms with Gasteiger partial charge in [-0.3, -0.25) is 0 Å². The van der Waals surface area contributed by atoms with E-state index in [1.54, 1.807) is 6.07 Å². The summed E-state index contributed by atoms with van der Waals surface area (Å²) in [7, 11) is 0. The van der Waals surface area contributed by atoms with Crippen molar-refractivity contribution in [3.63, 3.8) is 0 Å². The van der Waals surface area contributed by atoms with Gasteiger partial charge in [-0.1, -0.05) is 19.1 Å². The van der Waals surface area contributed by atoms with Crippen molar-refractivity contribution in [3.8, 4) is 11.8 Å². The highest BCUT2D eigenvalue weighted by atomic mass is 19.1. The van der Waals surface area contributed by atoms with Crippen LogP contribution in [0, 0.1) is 17.1 Å². The van der Waals surface area contributed by atoms with Crippen molar-refractivity contribution in [1.82, 2.24) is 20.1 Å². The second-order valence-corrected chi connectivity index (χ2v) is 4.48. The number of rotatable bonds is 5. The van der Waals surface area contributed by atoms with Gasteiger partial charge in [-0.2, -0.15) is 5.26 Å². The van der Waals surface area contributed by atoms with E-state index in [1.165, 1.54) is 17.1 Å². The van der Waals surface area contributed by atoms with Crippen molar-refractivity contribution in [2.45, 2.75) is 26.3 Å². The van der Waals surface area contributed by atoms with E-state index in [1.807, 2.05) is 19.1 Å². The molecule has 0 saturated carbocycles. The Bertz CT molecular complexity index is 629. The summed E-state index contributed by atoms with van der Waals surface area (Å²) in [6.07, 6.45) is 2.35. The number of aromatic nitrogens is 3. The molecule has 0 aliphatic heterocycles. The predicted molar refractivity (Wildman–Crippen MR) is 72.7 cm³/mol. The minimum absolute atomic E-state index is 0.0182. The lowest BCUT2D eigenvalue weighted by molar-refractivity contribution is 0.553. The van der Waals surface area contributed by atoms with E-state index in [-0.39, 0.29) is 17.7 Å². The summed E-state index contributed by atoms with van der Waals surface area (Å²) in [6.45, 7) is 4.89. The van der Waals surface area contributed by atoms with Gasteiger partial charge < -0.3 is 5.32 Å². The number of nitriles is 1. The van der Waals surface area contributed by atoms with Crippen LogP contribution in [-0.4, -0.2) is 21.3 Å². The Kier molecular flexibility index (Phi) is 4.43. The molecule has 2 rings (SSSR count). The van der Waals surface area contributed by atoms with Gasteiger partial charge in [0.05, 0.1) is 0 Å². The average molecular weight is 273 g/mol. The fraction of sp³-hybridized carbons (Fsp3) is 0.357. The smallest absolute Gasteiger partial charge is 0.252 e. The molecule has 5 nitrogen and oxygen atoms in total. The van der Waals surface area contributed by atoms with E-state index in [4.69, 9.17) is 5.26 Å². The highest BCUT2D eigenvalue weighted by Gasteiger charge is 2.16. The minimum atomic E-state index is -0.387. The standard InChI is InChI=1S/C14H16FN5/c1-3-7-17-10(2)11-5-4-6-12(15)14(11)20-9-18-13(8-16)19-20/h4-6,9-10,17H,3,7H2,1-2H3. The molecule has 0 saturated heterocycles. The Hall–Kier alpha value is -2.26. The topological polar surface area (TPSA) is 66.5 Å². The Labute approximate surface area is 117 Å². The van der Waals surface area contributed by atoms with Crippen molar-refractivity contribution in [3.05, 3.63) is 41.7 Å². The van der Waals surface area contributed by atoms with Crippen LogP contribution in [0.25, 0.3) is 5.69 Å². The first kappa shape index (κ1) is 14.2.